The highest BCUT2D eigenvalue weighted by Crippen LogP contribution is 2.40. The summed E-state index contributed by atoms with van der Waals surface area (Å²) in [6.45, 7) is 22.6. The zero-order valence-electron chi connectivity index (χ0n) is 26.1. The van der Waals surface area contributed by atoms with Crippen molar-refractivity contribution in [3.8, 4) is 0 Å². The number of hydrogen-bond donors (Lipinski definition) is 1. The maximum Gasteiger partial charge on any atom is 0.188 e. The highest BCUT2D eigenvalue weighted by atomic mass is 16.5. The van der Waals surface area contributed by atoms with E-state index in [4.69, 9.17) is 4.74 Å². The van der Waals surface area contributed by atoms with Crippen LogP contribution in [-0.4, -0.2) is 70.8 Å². The molecule has 0 amide bonds. The molecule has 11 heteroatoms. The molecule has 2 heterocycles. The predicted octanol–water partition coefficient (Wildman–Crippen LogP) is 4.79. The summed E-state index contributed by atoms with van der Waals surface area (Å²) in [7, 11) is 0. The smallest absolute Gasteiger partial charge is 0.188 e. The lowest BCUT2D eigenvalue weighted by Crippen LogP contribution is -2.45. The van der Waals surface area contributed by atoms with E-state index in [2.05, 4.69) is 27.2 Å². The van der Waals surface area contributed by atoms with E-state index >= 15 is 0 Å². The molecule has 41 heavy (non-hydrogen) atoms. The van der Waals surface area contributed by atoms with Crippen LogP contribution in [0.4, 0.5) is 0 Å². The van der Waals surface area contributed by atoms with Gasteiger partial charge >= 0.3 is 0 Å². The number of aliphatic hydroxyl groups is 1. The fourth-order valence-electron chi connectivity index (χ4n) is 5.11. The lowest BCUT2D eigenvalue weighted by Gasteiger charge is -2.40. The lowest BCUT2D eigenvalue weighted by atomic mass is 9.85. The van der Waals surface area contributed by atoms with Gasteiger partial charge in [0.15, 0.2) is 23.0 Å². The molecular weight excluding hydrogens is 524 g/mol. The second kappa shape index (κ2) is 12.9. The average Bonchev–Trinajstić information content (AvgIpc) is 3.51. The molecule has 4 unspecified atom stereocenters. The highest BCUT2D eigenvalue weighted by molar-refractivity contribution is 6.07. The van der Waals surface area contributed by atoms with Crippen LogP contribution in [0.15, 0.2) is 6.58 Å². The van der Waals surface area contributed by atoms with Crippen LogP contribution in [-0.2, 0) is 4.74 Å². The van der Waals surface area contributed by atoms with Gasteiger partial charge < -0.3 is 9.84 Å². The van der Waals surface area contributed by atoms with Gasteiger partial charge in [0.25, 0.3) is 0 Å². The molecular formula is C30H46N6O5. The molecule has 0 radical (unpaired) electrons. The molecule has 1 aliphatic carbocycles. The summed E-state index contributed by atoms with van der Waals surface area (Å²) in [5, 5.41) is 28.7. The highest BCUT2D eigenvalue weighted by Gasteiger charge is 2.44. The van der Waals surface area contributed by atoms with E-state index in [9.17, 15) is 19.5 Å². The molecule has 1 saturated carbocycles. The second-order valence-electron chi connectivity index (χ2n) is 12.6. The Morgan fingerprint density at radius 3 is 1.66 bits per heavy atom. The van der Waals surface area contributed by atoms with Gasteiger partial charge in [-0.05, 0) is 25.3 Å². The number of Topliss-reactive ketones (excluding diaryl/α,β-unsaturated/α-hetero) is 3. The summed E-state index contributed by atoms with van der Waals surface area (Å²) >= 11 is 0. The maximum atomic E-state index is 13.4. The first kappa shape index (κ1) is 32.5. The van der Waals surface area contributed by atoms with Crippen LogP contribution in [0.2, 0.25) is 0 Å². The number of nitrogens with zero attached hydrogens (tertiary/aromatic N) is 6. The monoisotopic (exact) mass is 570 g/mol. The summed E-state index contributed by atoms with van der Waals surface area (Å²) in [5.74, 6) is -1.71. The second-order valence-corrected chi connectivity index (χ2v) is 12.6. The molecule has 0 aliphatic heterocycles. The third-order valence-corrected chi connectivity index (χ3v) is 7.57. The summed E-state index contributed by atoms with van der Waals surface area (Å²) in [4.78, 5) is 39.8. The van der Waals surface area contributed by atoms with Gasteiger partial charge in [0.2, 0.25) is 0 Å². The number of ether oxygens (including phenoxy) is 1. The van der Waals surface area contributed by atoms with Crippen molar-refractivity contribution in [2.75, 3.05) is 0 Å². The largest absolute Gasteiger partial charge is 0.391 e. The van der Waals surface area contributed by atoms with Crippen LogP contribution in [0.3, 0.4) is 0 Å². The zero-order chi connectivity index (χ0) is 30.9. The van der Waals surface area contributed by atoms with Crippen molar-refractivity contribution >= 4 is 22.9 Å². The Balaban J connectivity index is 2.13. The van der Waals surface area contributed by atoms with E-state index in [0.717, 1.165) is 0 Å². The number of carbonyl (C=O) groups is 3. The minimum Gasteiger partial charge on any atom is -0.391 e. The summed E-state index contributed by atoms with van der Waals surface area (Å²) in [5.41, 5.74) is 1.63. The molecule has 0 bridgehead atoms. The number of aromatic nitrogens is 6. The van der Waals surface area contributed by atoms with E-state index in [1.807, 2.05) is 41.5 Å². The number of hydrogen-bond acceptors (Lipinski definition) is 9. The van der Waals surface area contributed by atoms with E-state index < -0.39 is 30.2 Å². The molecule has 0 saturated heterocycles. The first-order valence-corrected chi connectivity index (χ1v) is 14.6. The Morgan fingerprint density at radius 1 is 0.732 bits per heavy atom. The number of aliphatic hydroxyl groups excluding tert-OH is 1. The van der Waals surface area contributed by atoms with Crippen molar-refractivity contribution in [3.63, 3.8) is 0 Å². The third-order valence-electron chi connectivity index (χ3n) is 7.57. The Kier molecular flexibility index (Phi) is 10.2. The Morgan fingerprint density at radius 2 is 1.20 bits per heavy atom. The number of ketones is 3. The Hall–Kier alpha value is -3.05. The van der Waals surface area contributed by atoms with Gasteiger partial charge in [-0.3, -0.25) is 14.4 Å². The van der Waals surface area contributed by atoms with E-state index in [0.29, 0.717) is 17.0 Å². The molecule has 0 spiro atoms. The topological polar surface area (TPSA) is 142 Å². The SMILES string of the molecule is C=C(c1nnn(C2CC(OC(C)C)C(n3nnc(C(=O)C(C)C)c3C(=O)C(C)C)CC2O)c1C(=O)C(C)C)C(C)C. The first-order valence-electron chi connectivity index (χ1n) is 14.6. The van der Waals surface area contributed by atoms with E-state index in [-0.39, 0.29) is 65.4 Å². The maximum absolute atomic E-state index is 13.4. The third kappa shape index (κ3) is 6.56. The van der Waals surface area contributed by atoms with Crippen LogP contribution in [0.25, 0.3) is 5.57 Å². The van der Waals surface area contributed by atoms with Crippen LogP contribution in [0.1, 0.15) is 131 Å². The molecule has 1 aliphatic rings. The fourth-order valence-corrected chi connectivity index (χ4v) is 5.11. The lowest BCUT2D eigenvalue weighted by molar-refractivity contribution is -0.0875. The Bertz CT molecular complexity index is 1290. The molecule has 3 rings (SSSR count). The average molecular weight is 571 g/mol. The van der Waals surface area contributed by atoms with Gasteiger partial charge in [-0.15, -0.1) is 10.2 Å². The normalized spacial score (nSPS) is 21.5. The van der Waals surface area contributed by atoms with Crippen LogP contribution >= 0.6 is 0 Å². The van der Waals surface area contributed by atoms with Crippen molar-refractivity contribution in [2.24, 2.45) is 23.7 Å². The van der Waals surface area contributed by atoms with Gasteiger partial charge in [0.1, 0.15) is 17.1 Å². The van der Waals surface area contributed by atoms with Gasteiger partial charge in [0.05, 0.1) is 30.4 Å². The van der Waals surface area contributed by atoms with Crippen molar-refractivity contribution < 1.29 is 24.2 Å². The van der Waals surface area contributed by atoms with Gasteiger partial charge in [-0.1, -0.05) is 72.4 Å². The van der Waals surface area contributed by atoms with Gasteiger partial charge in [-0.25, -0.2) is 9.36 Å². The van der Waals surface area contributed by atoms with Gasteiger partial charge in [0, 0.05) is 30.6 Å². The molecule has 1 N–H and O–H groups in total. The summed E-state index contributed by atoms with van der Waals surface area (Å²) in [6.07, 6.45) is -1.31. The molecule has 2 aromatic heterocycles. The van der Waals surface area contributed by atoms with Crippen LogP contribution < -0.4 is 0 Å². The minimum absolute atomic E-state index is 0.0385. The van der Waals surface area contributed by atoms with Crippen molar-refractivity contribution in [2.45, 2.75) is 112 Å². The molecule has 0 aromatic carbocycles. The van der Waals surface area contributed by atoms with Gasteiger partial charge in [-0.2, -0.15) is 0 Å². The molecule has 226 valence electrons. The van der Waals surface area contributed by atoms with Crippen LogP contribution in [0.5, 0.6) is 0 Å². The summed E-state index contributed by atoms with van der Waals surface area (Å²) < 4.78 is 9.35. The Labute approximate surface area is 242 Å². The number of carbonyl (C=O) groups excluding carboxylic acids is 3. The molecule has 2 aromatic rings. The number of rotatable bonds is 12. The van der Waals surface area contributed by atoms with Crippen molar-refractivity contribution in [1.82, 2.24) is 30.0 Å². The standard InChI is InChI=1S/C30H46N6O5/c1-14(2)19(11)24-26(29(39)16(5)6)35(33-31-24)20-13-23(41-18(9)10)21(12-22(20)37)36-27(30(40)17(7)8)25(32-34-36)28(38)15(3)4/h14-18,20-23,37H,11-13H2,1-10H3. The van der Waals surface area contributed by atoms with E-state index in [1.54, 1.807) is 27.7 Å². The predicted molar refractivity (Wildman–Crippen MR) is 155 cm³/mol. The van der Waals surface area contributed by atoms with Crippen molar-refractivity contribution in [3.05, 3.63) is 29.4 Å². The summed E-state index contributed by atoms with van der Waals surface area (Å²) in [6, 6.07) is -1.21. The van der Waals surface area contributed by atoms with E-state index in [1.165, 1.54) is 9.36 Å². The quantitative estimate of drug-likeness (QED) is 0.357. The minimum atomic E-state index is -0.983. The van der Waals surface area contributed by atoms with Crippen molar-refractivity contribution in [1.29, 1.82) is 0 Å². The zero-order valence-corrected chi connectivity index (χ0v) is 26.1. The first-order chi connectivity index (χ1) is 19.1. The number of allylic oxidation sites excluding steroid dienone is 1. The fraction of sp³-hybridized carbons (Fsp3) is 0.700. The molecule has 4 atom stereocenters. The molecule has 1 fully saturated rings. The molecule has 11 nitrogen and oxygen atoms in total. The van der Waals surface area contributed by atoms with Crippen LogP contribution in [0, 0.1) is 23.7 Å².